The van der Waals surface area contributed by atoms with Gasteiger partial charge in [0.2, 0.25) is 11.8 Å². The number of nitrogens with zero attached hydrogens (tertiary/aromatic N) is 3. The summed E-state index contributed by atoms with van der Waals surface area (Å²) < 4.78 is 0. The van der Waals surface area contributed by atoms with E-state index in [1.54, 1.807) is 30.3 Å². The van der Waals surface area contributed by atoms with Gasteiger partial charge in [0.1, 0.15) is 0 Å². The molecular formula is C14H19N3O2S. The summed E-state index contributed by atoms with van der Waals surface area (Å²) in [5.74, 6) is 0.738. The zero-order valence-corrected chi connectivity index (χ0v) is 12.6. The van der Waals surface area contributed by atoms with Crippen molar-refractivity contribution in [3.8, 4) is 0 Å². The Morgan fingerprint density at radius 3 is 2.80 bits per heavy atom. The highest BCUT2D eigenvalue weighted by Gasteiger charge is 2.46. The van der Waals surface area contributed by atoms with Crippen molar-refractivity contribution >= 4 is 28.8 Å². The number of thiophene rings is 1. The van der Waals surface area contributed by atoms with Gasteiger partial charge < -0.3 is 9.80 Å². The zero-order valence-electron chi connectivity index (χ0n) is 11.8. The Hall–Kier alpha value is -1.40. The summed E-state index contributed by atoms with van der Waals surface area (Å²) in [7, 11) is 3.53. The molecule has 3 rings (SSSR count). The molecule has 2 saturated heterocycles. The first-order valence-electron chi connectivity index (χ1n) is 6.82. The summed E-state index contributed by atoms with van der Waals surface area (Å²) in [6.45, 7) is 2.76. The van der Waals surface area contributed by atoms with Crippen LogP contribution in [0, 0.1) is 11.8 Å². The summed E-state index contributed by atoms with van der Waals surface area (Å²) in [4.78, 5) is 29.8. The van der Waals surface area contributed by atoms with Gasteiger partial charge in [-0.1, -0.05) is 0 Å². The second-order valence-electron chi connectivity index (χ2n) is 5.78. The quantitative estimate of drug-likeness (QED) is 0.825. The van der Waals surface area contributed by atoms with E-state index in [0.717, 1.165) is 18.8 Å². The van der Waals surface area contributed by atoms with E-state index in [0.29, 0.717) is 19.0 Å². The van der Waals surface area contributed by atoms with Crippen molar-refractivity contribution < 1.29 is 9.59 Å². The molecule has 0 saturated carbocycles. The number of hydrogen-bond donors (Lipinski definition) is 0. The lowest BCUT2D eigenvalue weighted by Crippen LogP contribution is -2.38. The van der Waals surface area contributed by atoms with E-state index >= 15 is 0 Å². The highest BCUT2D eigenvalue weighted by molar-refractivity contribution is 7.08. The number of amides is 2. The monoisotopic (exact) mass is 293 g/mol. The van der Waals surface area contributed by atoms with E-state index in [1.165, 1.54) is 0 Å². The van der Waals surface area contributed by atoms with Gasteiger partial charge in [-0.15, -0.1) is 0 Å². The normalized spacial score (nSPS) is 26.1. The minimum atomic E-state index is 0.0601. The number of rotatable bonds is 3. The second-order valence-corrected chi connectivity index (χ2v) is 6.56. The van der Waals surface area contributed by atoms with Crippen molar-refractivity contribution in [1.82, 2.24) is 9.80 Å². The van der Waals surface area contributed by atoms with Crippen LogP contribution < -0.4 is 4.90 Å². The fraction of sp³-hybridized carbons (Fsp3) is 0.571. The van der Waals surface area contributed by atoms with Crippen LogP contribution in [0.2, 0.25) is 0 Å². The summed E-state index contributed by atoms with van der Waals surface area (Å²) >= 11 is 1.61. The molecule has 1 aromatic rings. The number of likely N-dealkylation sites (tertiary alicyclic amines) is 1. The first-order chi connectivity index (χ1) is 9.56. The topological polar surface area (TPSA) is 43.9 Å². The van der Waals surface area contributed by atoms with Crippen LogP contribution in [0.4, 0.5) is 5.69 Å². The van der Waals surface area contributed by atoms with Crippen LogP contribution in [0.5, 0.6) is 0 Å². The Morgan fingerprint density at radius 2 is 2.20 bits per heavy atom. The van der Waals surface area contributed by atoms with Gasteiger partial charge in [0, 0.05) is 45.0 Å². The predicted molar refractivity (Wildman–Crippen MR) is 78.8 cm³/mol. The van der Waals surface area contributed by atoms with Gasteiger partial charge >= 0.3 is 0 Å². The zero-order chi connectivity index (χ0) is 14.3. The van der Waals surface area contributed by atoms with E-state index in [1.807, 2.05) is 21.7 Å². The molecule has 0 N–H and O–H groups in total. The number of fused-ring (bicyclic) bond motifs is 1. The highest BCUT2D eigenvalue weighted by Crippen LogP contribution is 2.35. The first-order valence-corrected chi connectivity index (χ1v) is 7.76. The van der Waals surface area contributed by atoms with Crippen LogP contribution in [0.1, 0.15) is 0 Å². The van der Waals surface area contributed by atoms with Crippen LogP contribution in [0.25, 0.3) is 0 Å². The van der Waals surface area contributed by atoms with Gasteiger partial charge in [0.15, 0.2) is 0 Å². The highest BCUT2D eigenvalue weighted by atomic mass is 32.1. The van der Waals surface area contributed by atoms with Gasteiger partial charge in [0.25, 0.3) is 0 Å². The lowest BCUT2D eigenvalue weighted by molar-refractivity contribution is -0.130. The number of carbonyl (C=O) groups excluding carboxylic acids is 2. The first kappa shape index (κ1) is 13.6. The van der Waals surface area contributed by atoms with Crippen LogP contribution in [-0.4, -0.2) is 61.9 Å². The Morgan fingerprint density at radius 1 is 1.40 bits per heavy atom. The van der Waals surface area contributed by atoms with E-state index in [4.69, 9.17) is 0 Å². The molecule has 20 heavy (non-hydrogen) atoms. The molecule has 5 nitrogen and oxygen atoms in total. The molecule has 2 aliphatic heterocycles. The lowest BCUT2D eigenvalue weighted by atomic mass is 10.0. The Bertz CT molecular complexity index is 514. The molecule has 108 valence electrons. The molecule has 0 aliphatic carbocycles. The molecule has 2 aliphatic rings. The van der Waals surface area contributed by atoms with E-state index < -0.39 is 0 Å². The van der Waals surface area contributed by atoms with Crippen LogP contribution in [0.3, 0.4) is 0 Å². The molecule has 0 spiro atoms. The fourth-order valence-corrected chi connectivity index (χ4v) is 3.70. The molecule has 2 amide bonds. The number of hydrogen-bond acceptors (Lipinski definition) is 4. The molecule has 1 aromatic heterocycles. The minimum absolute atomic E-state index is 0.0601. The van der Waals surface area contributed by atoms with Crippen molar-refractivity contribution in [1.29, 1.82) is 0 Å². The second kappa shape index (κ2) is 5.18. The van der Waals surface area contributed by atoms with Gasteiger partial charge in [-0.05, 0) is 11.4 Å². The van der Waals surface area contributed by atoms with Crippen molar-refractivity contribution in [2.75, 3.05) is 45.2 Å². The van der Waals surface area contributed by atoms with E-state index in [-0.39, 0.29) is 17.7 Å². The third-order valence-corrected chi connectivity index (χ3v) is 4.86. The molecule has 0 bridgehead atoms. The third-order valence-electron chi connectivity index (χ3n) is 4.19. The van der Waals surface area contributed by atoms with Gasteiger partial charge in [0.05, 0.1) is 18.2 Å². The molecule has 2 fully saturated rings. The number of carbonyl (C=O) groups is 2. The van der Waals surface area contributed by atoms with Crippen LogP contribution >= 0.6 is 11.3 Å². The van der Waals surface area contributed by atoms with Crippen molar-refractivity contribution in [3.63, 3.8) is 0 Å². The summed E-state index contributed by atoms with van der Waals surface area (Å²) in [5.41, 5.74) is 1.02. The van der Waals surface area contributed by atoms with Gasteiger partial charge in [-0.2, -0.15) is 11.3 Å². The van der Waals surface area contributed by atoms with Gasteiger partial charge in [-0.25, -0.2) is 0 Å². The average molecular weight is 293 g/mol. The summed E-state index contributed by atoms with van der Waals surface area (Å²) in [6, 6.07) is 2.00. The van der Waals surface area contributed by atoms with Crippen LogP contribution in [-0.2, 0) is 9.59 Å². The SMILES string of the molecule is CN(C)C(=O)CN1C[C@H]2CN(c3ccsc3)C(=O)[C@@H]2C1. The molecule has 0 aromatic carbocycles. The smallest absolute Gasteiger partial charge is 0.236 e. The van der Waals surface area contributed by atoms with Crippen molar-refractivity contribution in [3.05, 3.63) is 16.8 Å². The van der Waals surface area contributed by atoms with Crippen molar-refractivity contribution in [2.45, 2.75) is 0 Å². The number of likely N-dealkylation sites (N-methyl/N-ethyl adjacent to an activating group) is 1. The fourth-order valence-electron chi connectivity index (χ4n) is 3.06. The average Bonchev–Trinajstić information content (AvgIpc) is 3.07. The Balaban J connectivity index is 1.63. The molecule has 6 heteroatoms. The molecule has 2 atom stereocenters. The van der Waals surface area contributed by atoms with E-state index in [9.17, 15) is 9.59 Å². The Labute approximate surface area is 122 Å². The third kappa shape index (κ3) is 2.33. The summed E-state index contributed by atoms with van der Waals surface area (Å²) in [6.07, 6.45) is 0. The maximum atomic E-state index is 12.5. The molecule has 3 heterocycles. The van der Waals surface area contributed by atoms with E-state index in [2.05, 4.69) is 4.90 Å². The lowest BCUT2D eigenvalue weighted by Gasteiger charge is -2.21. The maximum Gasteiger partial charge on any atom is 0.236 e. The largest absolute Gasteiger partial charge is 0.348 e. The molecule has 0 radical (unpaired) electrons. The molecular weight excluding hydrogens is 274 g/mol. The summed E-state index contributed by atoms with van der Waals surface area (Å²) in [5, 5.41) is 4.02. The van der Waals surface area contributed by atoms with Crippen molar-refractivity contribution in [2.24, 2.45) is 11.8 Å². The van der Waals surface area contributed by atoms with Crippen LogP contribution in [0.15, 0.2) is 16.8 Å². The maximum absolute atomic E-state index is 12.5. The predicted octanol–water partition coefficient (Wildman–Crippen LogP) is 0.731. The minimum Gasteiger partial charge on any atom is -0.348 e. The Kier molecular flexibility index (Phi) is 3.52. The van der Waals surface area contributed by atoms with Gasteiger partial charge in [-0.3, -0.25) is 14.5 Å². The number of anilines is 1. The standard InChI is InChI=1S/C14H19N3O2S/c1-15(2)13(18)8-16-5-10-6-17(11-3-4-20-9-11)14(19)12(10)7-16/h3-4,9-10,12H,5-8H2,1-2H3/t10-,12+/m0/s1. The molecule has 0 unspecified atom stereocenters.